The van der Waals surface area contributed by atoms with Crippen molar-refractivity contribution in [1.82, 2.24) is 0 Å². The Labute approximate surface area is 396 Å². The van der Waals surface area contributed by atoms with Crippen LogP contribution in [0.4, 0.5) is 0 Å². The van der Waals surface area contributed by atoms with Gasteiger partial charge in [0.15, 0.2) is 0 Å². The van der Waals surface area contributed by atoms with Crippen LogP contribution in [0.15, 0.2) is 213 Å². The molecule has 0 amide bonds. The number of phenols is 1. The maximum Gasteiger partial charge on any atom is 0.143 e. The van der Waals surface area contributed by atoms with Crippen LogP contribution in [0.25, 0.3) is 122 Å². The lowest BCUT2D eigenvalue weighted by molar-refractivity contribution is 0.479. The molecule has 0 spiro atoms. The minimum Gasteiger partial charge on any atom is -0.507 e. The SMILES string of the molecule is Cc1ccccc1-c1cccc(-c2cc(-c3cccc4c3oc3ccccc34)c3ccc4c5c3c2C=CC5C(c2cccc3c2oc2ccccc23)C=C4c2cccc3c2oc2ccccc23)c1O. The lowest BCUT2D eigenvalue weighted by Gasteiger charge is -2.36. The summed E-state index contributed by atoms with van der Waals surface area (Å²) in [5, 5.41) is 21.4. The fourth-order valence-corrected chi connectivity index (χ4v) is 12.1. The Balaban J connectivity index is 1.07. The Bertz CT molecular complexity index is 4420. The third-order valence-electron chi connectivity index (χ3n) is 15.2. The first kappa shape index (κ1) is 38.3. The highest BCUT2D eigenvalue weighted by Gasteiger charge is 2.37. The Morgan fingerprint density at radius 2 is 0.913 bits per heavy atom. The molecule has 0 aliphatic heterocycles. The van der Waals surface area contributed by atoms with Crippen LogP contribution in [-0.2, 0) is 0 Å². The van der Waals surface area contributed by atoms with Gasteiger partial charge in [-0.15, -0.1) is 0 Å². The summed E-state index contributed by atoms with van der Waals surface area (Å²) in [6.45, 7) is 2.10. The Kier molecular flexibility index (Phi) is 7.94. The second-order valence-corrected chi connectivity index (χ2v) is 18.7. The highest BCUT2D eigenvalue weighted by atomic mass is 16.3. The number of furan rings is 3. The number of benzene rings is 10. The number of phenolic OH excluding ortho intramolecular Hbond substituents is 1. The molecule has 3 aromatic heterocycles. The molecule has 3 heterocycles. The van der Waals surface area contributed by atoms with E-state index in [4.69, 9.17) is 13.3 Å². The van der Waals surface area contributed by atoms with Crippen molar-refractivity contribution in [2.24, 2.45) is 0 Å². The Hall–Kier alpha value is -8.86. The van der Waals surface area contributed by atoms with E-state index >= 15 is 0 Å². The van der Waals surface area contributed by atoms with Crippen LogP contribution in [0.3, 0.4) is 0 Å². The van der Waals surface area contributed by atoms with E-state index in [1.807, 2.05) is 42.5 Å². The molecule has 10 aromatic carbocycles. The second-order valence-electron chi connectivity index (χ2n) is 18.7. The van der Waals surface area contributed by atoms with Crippen molar-refractivity contribution in [2.45, 2.75) is 18.8 Å². The molecule has 324 valence electrons. The monoisotopic (exact) mass is 884 g/mol. The van der Waals surface area contributed by atoms with Crippen LogP contribution in [0, 0.1) is 6.92 Å². The molecule has 2 aliphatic carbocycles. The van der Waals surface area contributed by atoms with Crippen LogP contribution in [0.2, 0.25) is 0 Å². The van der Waals surface area contributed by atoms with Crippen molar-refractivity contribution in [3.8, 4) is 39.1 Å². The van der Waals surface area contributed by atoms with Crippen LogP contribution in [0.5, 0.6) is 5.75 Å². The summed E-state index contributed by atoms with van der Waals surface area (Å²) in [7, 11) is 0. The molecular weight excluding hydrogens is 845 g/mol. The largest absolute Gasteiger partial charge is 0.507 e. The van der Waals surface area contributed by atoms with Gasteiger partial charge in [0.25, 0.3) is 0 Å². The van der Waals surface area contributed by atoms with E-state index in [1.165, 1.54) is 5.56 Å². The van der Waals surface area contributed by atoms with Crippen molar-refractivity contribution < 1.29 is 18.4 Å². The predicted molar refractivity (Wildman–Crippen MR) is 283 cm³/mol. The number of para-hydroxylation sites is 7. The lowest BCUT2D eigenvalue weighted by atomic mass is 9.67. The van der Waals surface area contributed by atoms with E-state index < -0.39 is 0 Å². The molecule has 4 heteroatoms. The quantitative estimate of drug-likeness (QED) is 0.187. The standard InChI is InChI=1S/C65H40O4/c1-36-14-2-3-15-37(36)45-19-10-20-46(62(45)66)53-34-54(50-24-11-21-47-38-16-4-7-27-57(38)67-63(47)50)42-32-33-44-56(52-26-13-23-49-40-18-6-9-29-59(40)69-65(49)52)35-55(43-31-30-41(53)60(42)61(43)44)51-25-12-22-48-39-17-5-8-28-58(39)68-64(48)51/h2-35,43,55,66H,1H3. The molecule has 0 bridgehead atoms. The van der Waals surface area contributed by atoms with Gasteiger partial charge in [0.2, 0.25) is 0 Å². The maximum absolute atomic E-state index is 12.6. The smallest absolute Gasteiger partial charge is 0.143 e. The van der Waals surface area contributed by atoms with Crippen LogP contribution in [0.1, 0.15) is 45.2 Å². The molecule has 0 saturated carbocycles. The van der Waals surface area contributed by atoms with Gasteiger partial charge in [-0.2, -0.15) is 0 Å². The molecular formula is C65H40O4. The van der Waals surface area contributed by atoms with Gasteiger partial charge < -0.3 is 18.4 Å². The highest BCUT2D eigenvalue weighted by molar-refractivity contribution is 6.18. The summed E-state index contributed by atoms with van der Waals surface area (Å²) in [6.07, 6.45) is 7.18. The van der Waals surface area contributed by atoms with E-state index in [0.29, 0.717) is 0 Å². The fourth-order valence-electron chi connectivity index (χ4n) is 12.1. The number of hydrogen-bond donors (Lipinski definition) is 1. The number of aromatic hydroxyl groups is 1. The van der Waals surface area contributed by atoms with Gasteiger partial charge in [-0.1, -0.05) is 182 Å². The van der Waals surface area contributed by atoms with Crippen molar-refractivity contribution in [1.29, 1.82) is 0 Å². The summed E-state index contributed by atoms with van der Waals surface area (Å²) in [4.78, 5) is 0. The van der Waals surface area contributed by atoms with Crippen molar-refractivity contribution in [2.75, 3.05) is 0 Å². The van der Waals surface area contributed by atoms with E-state index in [-0.39, 0.29) is 17.6 Å². The van der Waals surface area contributed by atoms with Gasteiger partial charge >= 0.3 is 0 Å². The molecule has 2 atom stereocenters. The molecule has 15 rings (SSSR count). The Morgan fingerprint density at radius 1 is 0.391 bits per heavy atom. The van der Waals surface area contributed by atoms with Gasteiger partial charge in [0.05, 0.1) is 0 Å². The van der Waals surface area contributed by atoms with E-state index in [1.54, 1.807) is 0 Å². The molecule has 13 aromatic rings. The zero-order valence-corrected chi connectivity index (χ0v) is 37.5. The number of allylic oxidation sites excluding steroid dienone is 2. The van der Waals surface area contributed by atoms with Crippen LogP contribution >= 0.6 is 0 Å². The third-order valence-corrected chi connectivity index (χ3v) is 15.2. The first-order chi connectivity index (χ1) is 34.1. The molecule has 69 heavy (non-hydrogen) atoms. The average molecular weight is 885 g/mol. The minimum atomic E-state index is -0.116. The predicted octanol–water partition coefficient (Wildman–Crippen LogP) is 17.9. The number of aryl methyl sites for hydroxylation is 1. The van der Waals surface area contributed by atoms with Gasteiger partial charge in [-0.25, -0.2) is 0 Å². The summed E-state index contributed by atoms with van der Waals surface area (Å²) >= 11 is 0. The van der Waals surface area contributed by atoms with Gasteiger partial charge in [-0.3, -0.25) is 0 Å². The number of hydrogen-bond acceptors (Lipinski definition) is 4. The molecule has 1 N–H and O–H groups in total. The number of fused-ring (bicyclic) bond motifs is 9. The molecule has 0 fully saturated rings. The van der Waals surface area contributed by atoms with Crippen LogP contribution in [-0.4, -0.2) is 5.11 Å². The summed E-state index contributed by atoms with van der Waals surface area (Å²) < 4.78 is 20.5. The highest BCUT2D eigenvalue weighted by Crippen LogP contribution is 2.57. The van der Waals surface area contributed by atoms with E-state index in [9.17, 15) is 5.11 Å². The van der Waals surface area contributed by atoms with Crippen molar-refractivity contribution in [3.05, 3.63) is 234 Å². The van der Waals surface area contributed by atoms with Gasteiger partial charge in [0, 0.05) is 72.0 Å². The molecule has 2 unspecified atom stereocenters. The topological polar surface area (TPSA) is 59.7 Å². The molecule has 0 saturated heterocycles. The molecule has 4 nitrogen and oxygen atoms in total. The first-order valence-electron chi connectivity index (χ1n) is 23.7. The molecule has 2 aliphatic rings. The van der Waals surface area contributed by atoms with E-state index in [0.717, 1.165) is 143 Å². The second kappa shape index (κ2) is 14.3. The van der Waals surface area contributed by atoms with E-state index in [2.05, 4.69) is 171 Å². The average Bonchev–Trinajstić information content (AvgIpc) is 4.10. The number of rotatable bonds is 5. The summed E-state index contributed by atoms with van der Waals surface area (Å²) in [5.74, 6) is 0.0722. The fraction of sp³-hybridized carbons (Fsp3) is 0.0462. The third kappa shape index (κ3) is 5.40. The summed E-state index contributed by atoms with van der Waals surface area (Å²) in [5.41, 5.74) is 18.6. The normalized spacial score (nSPS) is 15.4. The first-order valence-corrected chi connectivity index (χ1v) is 23.7. The van der Waals surface area contributed by atoms with Crippen molar-refractivity contribution >= 4 is 88.2 Å². The van der Waals surface area contributed by atoms with Crippen molar-refractivity contribution in [3.63, 3.8) is 0 Å². The van der Waals surface area contributed by atoms with Crippen LogP contribution < -0.4 is 0 Å². The van der Waals surface area contributed by atoms with Gasteiger partial charge in [0.1, 0.15) is 39.2 Å². The maximum atomic E-state index is 12.6. The minimum absolute atomic E-state index is 0.0642. The molecule has 0 radical (unpaired) electrons. The zero-order valence-electron chi connectivity index (χ0n) is 37.5. The van der Waals surface area contributed by atoms with Gasteiger partial charge in [-0.05, 0) is 86.5 Å². The lowest BCUT2D eigenvalue weighted by Crippen LogP contribution is -2.18. The Morgan fingerprint density at radius 3 is 1.61 bits per heavy atom. The zero-order chi connectivity index (χ0) is 45.5. The summed E-state index contributed by atoms with van der Waals surface area (Å²) in [6, 6.07) is 65.9.